The van der Waals surface area contributed by atoms with Crippen molar-refractivity contribution in [1.82, 2.24) is 0 Å². The van der Waals surface area contributed by atoms with Gasteiger partial charge < -0.3 is 4.74 Å². The highest BCUT2D eigenvalue weighted by Gasteiger charge is 2.11. The number of halogens is 1. The van der Waals surface area contributed by atoms with Crippen molar-refractivity contribution in [1.29, 1.82) is 0 Å². The molecule has 0 N–H and O–H groups in total. The maximum atomic E-state index is 11.2. The number of carbonyl (C=O) groups excluding carboxylic acids is 2. The molecule has 1 rings (SSSR count). The summed E-state index contributed by atoms with van der Waals surface area (Å²) in [5.41, 5.74) is 0.972. The zero-order valence-corrected chi connectivity index (χ0v) is 9.99. The molecule has 0 radical (unpaired) electrons. The van der Waals surface area contributed by atoms with Gasteiger partial charge in [-0.15, -0.1) is 0 Å². The summed E-state index contributed by atoms with van der Waals surface area (Å²) in [5, 5.41) is 0. The Labute approximate surface area is 95.6 Å². The van der Waals surface area contributed by atoms with Gasteiger partial charge in [0, 0.05) is 11.1 Å². The van der Waals surface area contributed by atoms with Gasteiger partial charge in [0.1, 0.15) is 12.0 Å². The maximum absolute atomic E-state index is 11.2. The topological polar surface area (TPSA) is 43.4 Å². The van der Waals surface area contributed by atoms with E-state index in [9.17, 15) is 9.59 Å². The summed E-state index contributed by atoms with van der Waals surface area (Å²) in [6, 6.07) is 3.18. The minimum absolute atomic E-state index is 0.0728. The number of Topliss-reactive ketones (excluding diaryl/α,β-unsaturated/α-hetero) is 1. The van der Waals surface area contributed by atoms with Crippen molar-refractivity contribution >= 4 is 34.7 Å². The second kappa shape index (κ2) is 4.54. The Bertz CT molecular complexity index is 385. The van der Waals surface area contributed by atoms with E-state index in [1.54, 1.807) is 12.1 Å². The number of rotatable bonds is 3. The molecular weight excluding hydrogens is 295 g/mol. The first-order valence-electron chi connectivity index (χ1n) is 3.93. The molecule has 3 nitrogen and oxygen atoms in total. The second-order valence-electron chi connectivity index (χ2n) is 2.76. The van der Waals surface area contributed by atoms with Crippen molar-refractivity contribution < 1.29 is 14.3 Å². The molecular formula is C10H9IO3. The smallest absolute Gasteiger partial charge is 0.161 e. The van der Waals surface area contributed by atoms with Gasteiger partial charge in [0.05, 0.1) is 10.7 Å². The third kappa shape index (κ3) is 2.12. The Balaban J connectivity index is 3.41. The molecule has 0 fully saturated rings. The first-order valence-corrected chi connectivity index (χ1v) is 5.01. The van der Waals surface area contributed by atoms with Gasteiger partial charge in [0.2, 0.25) is 0 Å². The third-order valence-electron chi connectivity index (χ3n) is 1.80. The highest BCUT2D eigenvalue weighted by atomic mass is 127. The van der Waals surface area contributed by atoms with Crippen LogP contribution >= 0.6 is 22.6 Å². The van der Waals surface area contributed by atoms with Gasteiger partial charge in [-0.25, -0.2) is 0 Å². The van der Waals surface area contributed by atoms with Crippen LogP contribution in [0.15, 0.2) is 12.1 Å². The Morgan fingerprint density at radius 1 is 1.50 bits per heavy atom. The van der Waals surface area contributed by atoms with Gasteiger partial charge in [0.15, 0.2) is 5.78 Å². The van der Waals surface area contributed by atoms with E-state index in [4.69, 9.17) is 4.74 Å². The molecule has 0 saturated carbocycles. The van der Waals surface area contributed by atoms with Crippen LogP contribution in [0.25, 0.3) is 0 Å². The van der Waals surface area contributed by atoms with Crippen LogP contribution in [0.2, 0.25) is 0 Å². The van der Waals surface area contributed by atoms with E-state index in [1.165, 1.54) is 14.0 Å². The molecule has 0 aliphatic heterocycles. The largest absolute Gasteiger partial charge is 0.496 e. The quantitative estimate of drug-likeness (QED) is 0.489. The lowest BCUT2D eigenvalue weighted by Gasteiger charge is -2.07. The van der Waals surface area contributed by atoms with Crippen LogP contribution in [0, 0.1) is 3.57 Å². The summed E-state index contributed by atoms with van der Waals surface area (Å²) < 4.78 is 5.80. The number of ether oxygens (including phenoxy) is 1. The SMILES string of the molecule is COc1cc(C=O)cc(C(C)=O)c1I. The van der Waals surface area contributed by atoms with Crippen LogP contribution in [-0.4, -0.2) is 19.2 Å². The van der Waals surface area contributed by atoms with Crippen molar-refractivity contribution in [2.45, 2.75) is 6.92 Å². The van der Waals surface area contributed by atoms with Crippen LogP contribution in [0.3, 0.4) is 0 Å². The van der Waals surface area contributed by atoms with E-state index in [0.29, 0.717) is 23.2 Å². The molecule has 0 aromatic heterocycles. The van der Waals surface area contributed by atoms with Crippen molar-refractivity contribution in [2.75, 3.05) is 7.11 Å². The summed E-state index contributed by atoms with van der Waals surface area (Å²) in [6.07, 6.45) is 0.699. The number of ketones is 1. The fourth-order valence-electron chi connectivity index (χ4n) is 1.09. The predicted octanol–water partition coefficient (Wildman–Crippen LogP) is 2.31. The summed E-state index contributed by atoms with van der Waals surface area (Å²) in [7, 11) is 1.51. The minimum Gasteiger partial charge on any atom is -0.496 e. The number of methoxy groups -OCH3 is 1. The first kappa shape index (κ1) is 11.2. The lowest BCUT2D eigenvalue weighted by atomic mass is 10.1. The van der Waals surface area contributed by atoms with Gasteiger partial charge in [0.25, 0.3) is 0 Å². The standard InChI is InChI=1S/C10H9IO3/c1-6(13)8-3-7(5-12)4-9(14-2)10(8)11/h3-5H,1-2H3. The van der Waals surface area contributed by atoms with E-state index in [0.717, 1.165) is 3.57 Å². The lowest BCUT2D eigenvalue weighted by Crippen LogP contribution is -2.00. The van der Waals surface area contributed by atoms with E-state index in [-0.39, 0.29) is 5.78 Å². The molecule has 14 heavy (non-hydrogen) atoms. The van der Waals surface area contributed by atoms with E-state index >= 15 is 0 Å². The van der Waals surface area contributed by atoms with Crippen LogP contribution < -0.4 is 4.74 Å². The van der Waals surface area contributed by atoms with Crippen LogP contribution in [0.1, 0.15) is 27.6 Å². The van der Waals surface area contributed by atoms with E-state index in [1.807, 2.05) is 22.6 Å². The molecule has 0 spiro atoms. The molecule has 0 amide bonds. The van der Waals surface area contributed by atoms with Gasteiger partial charge >= 0.3 is 0 Å². The lowest BCUT2D eigenvalue weighted by molar-refractivity contribution is 0.101. The Morgan fingerprint density at radius 3 is 2.57 bits per heavy atom. The summed E-state index contributed by atoms with van der Waals surface area (Å²) in [4.78, 5) is 21.8. The van der Waals surface area contributed by atoms with Gasteiger partial charge in [-0.05, 0) is 41.6 Å². The number of aldehydes is 1. The average Bonchev–Trinajstić information content (AvgIpc) is 2.17. The zero-order valence-electron chi connectivity index (χ0n) is 7.83. The summed E-state index contributed by atoms with van der Waals surface area (Å²) in [6.45, 7) is 1.46. The molecule has 1 aromatic rings. The molecule has 0 bridgehead atoms. The monoisotopic (exact) mass is 304 g/mol. The maximum Gasteiger partial charge on any atom is 0.161 e. The van der Waals surface area contributed by atoms with Crippen LogP contribution in [0.4, 0.5) is 0 Å². The predicted molar refractivity (Wildman–Crippen MR) is 61.1 cm³/mol. The number of benzene rings is 1. The fraction of sp³-hybridized carbons (Fsp3) is 0.200. The molecule has 74 valence electrons. The normalized spacial score (nSPS) is 9.64. The first-order chi connectivity index (χ1) is 6.60. The molecule has 0 aliphatic rings. The van der Waals surface area contributed by atoms with Gasteiger partial charge in [-0.1, -0.05) is 0 Å². The number of hydrogen-bond donors (Lipinski definition) is 0. The highest BCUT2D eigenvalue weighted by Crippen LogP contribution is 2.26. The van der Waals surface area contributed by atoms with Crippen molar-refractivity contribution in [3.05, 3.63) is 26.8 Å². The minimum atomic E-state index is -0.0728. The fourth-order valence-corrected chi connectivity index (χ4v) is 2.00. The molecule has 0 aliphatic carbocycles. The molecule has 1 aromatic carbocycles. The highest BCUT2D eigenvalue weighted by molar-refractivity contribution is 14.1. The Kier molecular flexibility index (Phi) is 3.62. The number of hydrogen-bond acceptors (Lipinski definition) is 3. The van der Waals surface area contributed by atoms with Gasteiger partial charge in [-0.3, -0.25) is 9.59 Å². The zero-order chi connectivity index (χ0) is 10.7. The second-order valence-corrected chi connectivity index (χ2v) is 3.84. The molecule has 0 unspecified atom stereocenters. The van der Waals surface area contributed by atoms with Crippen molar-refractivity contribution in [3.8, 4) is 5.75 Å². The molecule has 0 atom stereocenters. The van der Waals surface area contributed by atoms with Gasteiger partial charge in [-0.2, -0.15) is 0 Å². The van der Waals surface area contributed by atoms with Crippen LogP contribution in [0.5, 0.6) is 5.75 Å². The summed E-state index contributed by atoms with van der Waals surface area (Å²) >= 11 is 2.03. The molecule has 0 saturated heterocycles. The number of carbonyl (C=O) groups is 2. The van der Waals surface area contributed by atoms with E-state index < -0.39 is 0 Å². The molecule has 4 heteroatoms. The Hall–Kier alpha value is -0.910. The van der Waals surface area contributed by atoms with Crippen LogP contribution in [-0.2, 0) is 0 Å². The van der Waals surface area contributed by atoms with Crippen molar-refractivity contribution in [3.63, 3.8) is 0 Å². The average molecular weight is 304 g/mol. The van der Waals surface area contributed by atoms with Crippen molar-refractivity contribution in [2.24, 2.45) is 0 Å². The Morgan fingerprint density at radius 2 is 2.14 bits per heavy atom. The van der Waals surface area contributed by atoms with E-state index in [2.05, 4.69) is 0 Å². The molecule has 0 heterocycles. The summed E-state index contributed by atoms with van der Waals surface area (Å²) in [5.74, 6) is 0.483. The third-order valence-corrected chi connectivity index (χ3v) is 2.91.